The monoisotopic (exact) mass is 285 g/mol. The van der Waals surface area contributed by atoms with E-state index in [0.717, 1.165) is 36.4 Å². The normalized spacial score (nSPS) is 17.4. The largest absolute Gasteiger partial charge is 0.492 e. The molecule has 0 aromatic heterocycles. The molecule has 1 aromatic rings. The van der Waals surface area contributed by atoms with Gasteiger partial charge in [-0.2, -0.15) is 0 Å². The lowest BCUT2D eigenvalue weighted by Gasteiger charge is -2.21. The van der Waals surface area contributed by atoms with E-state index in [9.17, 15) is 0 Å². The molecule has 0 unspecified atom stereocenters. The number of hydrogen-bond acceptors (Lipinski definition) is 3. The summed E-state index contributed by atoms with van der Waals surface area (Å²) < 4.78 is 5.87. The Labute approximate surface area is 126 Å². The van der Waals surface area contributed by atoms with Gasteiger partial charge < -0.3 is 9.84 Å². The van der Waals surface area contributed by atoms with Crippen LogP contribution in [0.15, 0.2) is 24.3 Å². The third kappa shape index (κ3) is 4.77. The summed E-state index contributed by atoms with van der Waals surface area (Å²) in [5.41, 5.74) is 0.888. The molecule has 2 aliphatic carbocycles. The van der Waals surface area contributed by atoms with E-state index in [1.165, 1.54) is 32.2 Å². The van der Waals surface area contributed by atoms with Crippen molar-refractivity contribution in [2.75, 3.05) is 26.3 Å². The fourth-order valence-electron chi connectivity index (χ4n) is 2.58. The number of ether oxygens (including phenoxy) is 1. The number of aliphatic hydroxyl groups excluding tert-OH is 1. The number of aliphatic hydroxyl groups is 1. The topological polar surface area (TPSA) is 32.7 Å². The fraction of sp³-hybridized carbons (Fsp3) is 0.556. The molecule has 3 heteroatoms. The Morgan fingerprint density at radius 3 is 2.81 bits per heavy atom. The maximum atomic E-state index is 8.72. The summed E-state index contributed by atoms with van der Waals surface area (Å²) in [4.78, 5) is 2.60. The van der Waals surface area contributed by atoms with Crippen molar-refractivity contribution in [3.63, 3.8) is 0 Å². The Balaban J connectivity index is 1.47. The van der Waals surface area contributed by atoms with Gasteiger partial charge in [0, 0.05) is 24.7 Å². The predicted octanol–water partition coefficient (Wildman–Crippen LogP) is 2.28. The van der Waals surface area contributed by atoms with Crippen LogP contribution in [0, 0.1) is 17.8 Å². The third-order valence-corrected chi connectivity index (χ3v) is 4.05. The SMILES string of the molecule is OCC#Cc1cccc(OCCN(CC2CC2)C2CC2)c1. The van der Waals surface area contributed by atoms with Gasteiger partial charge in [0.05, 0.1) is 0 Å². The van der Waals surface area contributed by atoms with Crippen LogP contribution in [0.1, 0.15) is 31.2 Å². The molecular formula is C18H23NO2. The highest BCUT2D eigenvalue weighted by Crippen LogP contribution is 2.34. The maximum Gasteiger partial charge on any atom is 0.120 e. The van der Waals surface area contributed by atoms with Gasteiger partial charge in [0.2, 0.25) is 0 Å². The third-order valence-electron chi connectivity index (χ3n) is 4.05. The summed E-state index contributed by atoms with van der Waals surface area (Å²) in [6, 6.07) is 8.59. The van der Waals surface area contributed by atoms with Crippen LogP contribution in [0.2, 0.25) is 0 Å². The number of benzene rings is 1. The van der Waals surface area contributed by atoms with Crippen LogP contribution in [-0.2, 0) is 0 Å². The minimum absolute atomic E-state index is 0.109. The Hall–Kier alpha value is -1.50. The smallest absolute Gasteiger partial charge is 0.120 e. The van der Waals surface area contributed by atoms with Gasteiger partial charge in [0.15, 0.2) is 0 Å². The quantitative estimate of drug-likeness (QED) is 0.780. The molecule has 2 aliphatic rings. The lowest BCUT2D eigenvalue weighted by atomic mass is 10.2. The molecule has 2 saturated carbocycles. The molecule has 21 heavy (non-hydrogen) atoms. The van der Waals surface area contributed by atoms with Crippen LogP contribution < -0.4 is 4.74 Å². The van der Waals surface area contributed by atoms with Crippen LogP contribution in [0.25, 0.3) is 0 Å². The lowest BCUT2D eigenvalue weighted by molar-refractivity contribution is 0.195. The molecule has 0 spiro atoms. The average Bonchev–Trinajstić information content (AvgIpc) is 3.37. The van der Waals surface area contributed by atoms with Gasteiger partial charge in [-0.05, 0) is 49.8 Å². The number of rotatable bonds is 7. The van der Waals surface area contributed by atoms with Gasteiger partial charge >= 0.3 is 0 Å². The summed E-state index contributed by atoms with van der Waals surface area (Å²) in [5, 5.41) is 8.72. The molecule has 0 bridgehead atoms. The lowest BCUT2D eigenvalue weighted by Crippen LogP contribution is -2.32. The zero-order chi connectivity index (χ0) is 14.5. The molecule has 0 heterocycles. The van der Waals surface area contributed by atoms with Crippen molar-refractivity contribution < 1.29 is 9.84 Å². The maximum absolute atomic E-state index is 8.72. The first-order chi connectivity index (χ1) is 10.3. The highest BCUT2D eigenvalue weighted by molar-refractivity contribution is 5.39. The van der Waals surface area contributed by atoms with E-state index in [-0.39, 0.29) is 6.61 Å². The molecule has 0 saturated heterocycles. The molecule has 3 nitrogen and oxygen atoms in total. The molecule has 0 atom stereocenters. The standard InChI is InChI=1S/C18H23NO2/c20-11-2-4-15-3-1-5-18(13-15)21-12-10-19(17-8-9-17)14-16-6-7-16/h1,3,5,13,16-17,20H,6-12,14H2. The van der Waals surface area contributed by atoms with Crippen LogP contribution in [0.4, 0.5) is 0 Å². The van der Waals surface area contributed by atoms with Gasteiger partial charge in [0.25, 0.3) is 0 Å². The van der Waals surface area contributed by atoms with Crippen molar-refractivity contribution in [3.05, 3.63) is 29.8 Å². The highest BCUT2D eigenvalue weighted by atomic mass is 16.5. The molecule has 3 rings (SSSR count). The second kappa shape index (κ2) is 6.98. The van der Waals surface area contributed by atoms with E-state index in [1.54, 1.807) is 0 Å². The fourth-order valence-corrected chi connectivity index (χ4v) is 2.58. The van der Waals surface area contributed by atoms with Crippen LogP contribution in [0.3, 0.4) is 0 Å². The van der Waals surface area contributed by atoms with Gasteiger partial charge in [-0.3, -0.25) is 4.90 Å². The Bertz CT molecular complexity index is 524. The first-order valence-corrected chi connectivity index (χ1v) is 7.92. The second-order valence-corrected chi connectivity index (χ2v) is 6.01. The van der Waals surface area contributed by atoms with E-state index in [2.05, 4.69) is 16.7 Å². The van der Waals surface area contributed by atoms with Crippen LogP contribution in [-0.4, -0.2) is 42.4 Å². The molecule has 112 valence electrons. The molecule has 1 aromatic carbocycles. The van der Waals surface area contributed by atoms with Gasteiger partial charge in [0.1, 0.15) is 19.0 Å². The molecule has 2 fully saturated rings. The van der Waals surface area contributed by atoms with Crippen molar-refractivity contribution in [1.82, 2.24) is 4.90 Å². The Morgan fingerprint density at radius 1 is 1.24 bits per heavy atom. The molecular weight excluding hydrogens is 262 g/mol. The van der Waals surface area contributed by atoms with Gasteiger partial charge in [-0.1, -0.05) is 17.9 Å². The molecule has 0 amide bonds. The van der Waals surface area contributed by atoms with E-state index >= 15 is 0 Å². The van der Waals surface area contributed by atoms with Crippen molar-refractivity contribution in [2.45, 2.75) is 31.7 Å². The van der Waals surface area contributed by atoms with Crippen LogP contribution in [0.5, 0.6) is 5.75 Å². The Morgan fingerprint density at radius 2 is 2.10 bits per heavy atom. The van der Waals surface area contributed by atoms with E-state index in [4.69, 9.17) is 9.84 Å². The van der Waals surface area contributed by atoms with Gasteiger partial charge in [-0.25, -0.2) is 0 Å². The van der Waals surface area contributed by atoms with Crippen molar-refractivity contribution in [1.29, 1.82) is 0 Å². The first kappa shape index (κ1) is 14.4. The van der Waals surface area contributed by atoms with Crippen molar-refractivity contribution in [3.8, 4) is 17.6 Å². The van der Waals surface area contributed by atoms with E-state index in [1.807, 2.05) is 24.3 Å². The number of hydrogen-bond donors (Lipinski definition) is 1. The zero-order valence-electron chi connectivity index (χ0n) is 12.4. The molecule has 0 radical (unpaired) electrons. The minimum Gasteiger partial charge on any atom is -0.492 e. The van der Waals surface area contributed by atoms with Crippen molar-refractivity contribution >= 4 is 0 Å². The van der Waals surface area contributed by atoms with Gasteiger partial charge in [-0.15, -0.1) is 0 Å². The zero-order valence-corrected chi connectivity index (χ0v) is 12.4. The predicted molar refractivity (Wildman–Crippen MR) is 83.2 cm³/mol. The average molecular weight is 285 g/mol. The minimum atomic E-state index is -0.109. The Kier molecular flexibility index (Phi) is 4.80. The number of nitrogens with zero attached hydrogens (tertiary/aromatic N) is 1. The second-order valence-electron chi connectivity index (χ2n) is 6.01. The highest BCUT2D eigenvalue weighted by Gasteiger charge is 2.33. The van der Waals surface area contributed by atoms with Crippen LogP contribution >= 0.6 is 0 Å². The summed E-state index contributed by atoms with van der Waals surface area (Å²) in [6.45, 7) is 2.91. The summed E-state index contributed by atoms with van der Waals surface area (Å²) in [6.07, 6.45) is 5.54. The molecule has 1 N–H and O–H groups in total. The molecule has 0 aliphatic heterocycles. The first-order valence-electron chi connectivity index (χ1n) is 7.92. The summed E-state index contributed by atoms with van der Waals surface area (Å²) in [7, 11) is 0. The summed E-state index contributed by atoms with van der Waals surface area (Å²) >= 11 is 0. The van der Waals surface area contributed by atoms with Crippen molar-refractivity contribution in [2.24, 2.45) is 5.92 Å². The van der Waals surface area contributed by atoms with E-state index < -0.39 is 0 Å². The summed E-state index contributed by atoms with van der Waals surface area (Å²) in [5.74, 6) is 7.38. The van der Waals surface area contributed by atoms with E-state index in [0.29, 0.717) is 0 Å².